The quantitative estimate of drug-likeness (QED) is 0.492. The smallest absolute Gasteiger partial charge is 0.291 e. The Balaban J connectivity index is 2.24. The lowest BCUT2D eigenvalue weighted by Gasteiger charge is -1.92. The number of H-pyrrole nitrogens is 2. The van der Waals surface area contributed by atoms with Crippen molar-refractivity contribution in [3.05, 3.63) is 50.4 Å². The number of non-ortho nitro benzene ring substituents is 1. The molecule has 1 aromatic carbocycles. The lowest BCUT2D eigenvalue weighted by atomic mass is 10.3. The van der Waals surface area contributed by atoms with E-state index in [0.29, 0.717) is 11.4 Å². The van der Waals surface area contributed by atoms with Gasteiger partial charge in [0.25, 0.3) is 11.2 Å². The van der Waals surface area contributed by atoms with Crippen LogP contribution in [0.3, 0.4) is 0 Å². The molecular formula is C10H9N5O3. The molecule has 8 heteroatoms. The molecule has 0 aliphatic carbocycles. The maximum absolute atomic E-state index is 11.3. The Bertz CT molecular complexity index is 653. The van der Waals surface area contributed by atoms with Crippen LogP contribution in [0.5, 0.6) is 0 Å². The van der Waals surface area contributed by atoms with Gasteiger partial charge in [0.15, 0.2) is 5.69 Å². The minimum absolute atomic E-state index is 0.0235. The zero-order valence-electron chi connectivity index (χ0n) is 9.38. The van der Waals surface area contributed by atoms with Crippen LogP contribution in [0, 0.1) is 17.0 Å². The van der Waals surface area contributed by atoms with Crippen molar-refractivity contribution in [2.45, 2.75) is 6.92 Å². The third-order valence-corrected chi connectivity index (χ3v) is 2.26. The van der Waals surface area contributed by atoms with Crippen molar-refractivity contribution in [2.75, 3.05) is 0 Å². The van der Waals surface area contributed by atoms with E-state index in [-0.39, 0.29) is 16.9 Å². The highest BCUT2D eigenvalue weighted by Gasteiger charge is 2.05. The first-order valence-electron chi connectivity index (χ1n) is 5.01. The molecule has 0 saturated carbocycles. The van der Waals surface area contributed by atoms with Gasteiger partial charge in [-0.05, 0) is 19.1 Å². The summed E-state index contributed by atoms with van der Waals surface area (Å²) in [6.45, 7) is 1.68. The molecule has 0 radical (unpaired) electrons. The van der Waals surface area contributed by atoms with Crippen LogP contribution in [0.25, 0.3) is 0 Å². The van der Waals surface area contributed by atoms with Crippen molar-refractivity contribution in [1.29, 1.82) is 0 Å². The molecule has 2 N–H and O–H groups in total. The maximum Gasteiger partial charge on any atom is 0.291 e. The number of aromatic nitrogens is 2. The molecule has 1 heterocycles. The van der Waals surface area contributed by atoms with Gasteiger partial charge >= 0.3 is 0 Å². The monoisotopic (exact) mass is 247 g/mol. The molecule has 1 aromatic heterocycles. The molecule has 0 bridgehead atoms. The van der Waals surface area contributed by atoms with Crippen LogP contribution in [0.4, 0.5) is 17.1 Å². The molecular weight excluding hydrogens is 238 g/mol. The summed E-state index contributed by atoms with van der Waals surface area (Å²) in [5.41, 5.74) is 0.808. The van der Waals surface area contributed by atoms with E-state index in [2.05, 4.69) is 20.4 Å². The second kappa shape index (κ2) is 4.62. The third-order valence-electron chi connectivity index (χ3n) is 2.26. The number of nitrogens with zero attached hydrogens (tertiary/aromatic N) is 3. The molecule has 0 atom stereocenters. The van der Waals surface area contributed by atoms with E-state index < -0.39 is 4.92 Å². The van der Waals surface area contributed by atoms with Crippen LogP contribution in [0.15, 0.2) is 39.3 Å². The number of nitrogens with one attached hydrogen (secondary N) is 2. The van der Waals surface area contributed by atoms with E-state index in [9.17, 15) is 14.9 Å². The molecule has 0 amide bonds. The Morgan fingerprint density at radius 1 is 1.17 bits per heavy atom. The van der Waals surface area contributed by atoms with Crippen LogP contribution >= 0.6 is 0 Å². The summed E-state index contributed by atoms with van der Waals surface area (Å²) in [4.78, 5) is 21.2. The summed E-state index contributed by atoms with van der Waals surface area (Å²) in [6, 6.07) is 5.56. The summed E-state index contributed by atoms with van der Waals surface area (Å²) in [5.74, 6) is 0. The van der Waals surface area contributed by atoms with Crippen LogP contribution in [-0.2, 0) is 0 Å². The standard InChI is InChI=1S/C10H9N5O3/c1-6-9(10(16)14-11-6)13-12-7-2-4-8(5-3-7)15(17)18/h2-5H,1H3,(H2,11,14,16). The van der Waals surface area contributed by atoms with Crippen molar-refractivity contribution in [2.24, 2.45) is 10.2 Å². The minimum Gasteiger partial charge on any atom is -0.300 e. The molecule has 8 nitrogen and oxygen atoms in total. The van der Waals surface area contributed by atoms with Gasteiger partial charge in [0.1, 0.15) is 0 Å². The van der Waals surface area contributed by atoms with Crippen molar-refractivity contribution in [3.63, 3.8) is 0 Å². The van der Waals surface area contributed by atoms with Gasteiger partial charge in [-0.25, -0.2) is 0 Å². The number of benzene rings is 1. The largest absolute Gasteiger partial charge is 0.300 e. The molecule has 0 aliphatic rings. The summed E-state index contributed by atoms with van der Waals surface area (Å²) in [6.07, 6.45) is 0. The topological polar surface area (TPSA) is 117 Å². The fourth-order valence-electron chi connectivity index (χ4n) is 1.31. The number of aromatic amines is 2. The summed E-state index contributed by atoms with van der Waals surface area (Å²) in [5, 5.41) is 23.1. The average Bonchev–Trinajstić information content (AvgIpc) is 2.67. The Labute approximate surface area is 101 Å². The van der Waals surface area contributed by atoms with E-state index in [1.165, 1.54) is 24.3 Å². The highest BCUT2D eigenvalue weighted by Crippen LogP contribution is 2.20. The highest BCUT2D eigenvalue weighted by molar-refractivity contribution is 5.45. The van der Waals surface area contributed by atoms with Crippen molar-refractivity contribution >= 4 is 17.1 Å². The molecule has 0 fully saturated rings. The highest BCUT2D eigenvalue weighted by atomic mass is 16.6. The van der Waals surface area contributed by atoms with E-state index in [1.807, 2.05) is 0 Å². The van der Waals surface area contributed by atoms with E-state index >= 15 is 0 Å². The van der Waals surface area contributed by atoms with Gasteiger partial charge in [-0.1, -0.05) is 0 Å². The maximum atomic E-state index is 11.3. The number of hydrogen-bond donors (Lipinski definition) is 2. The number of rotatable bonds is 3. The predicted molar refractivity (Wildman–Crippen MR) is 63.4 cm³/mol. The third kappa shape index (κ3) is 2.32. The van der Waals surface area contributed by atoms with Gasteiger partial charge in [-0.2, -0.15) is 5.11 Å². The number of azo groups is 1. The second-order valence-corrected chi connectivity index (χ2v) is 3.53. The zero-order chi connectivity index (χ0) is 13.1. The predicted octanol–water partition coefficient (Wildman–Crippen LogP) is 2.34. The van der Waals surface area contributed by atoms with Gasteiger partial charge in [0, 0.05) is 12.1 Å². The molecule has 92 valence electrons. The SMILES string of the molecule is Cc1[nH][nH]c(=O)c1N=Nc1ccc([N+](=O)[O-])cc1. The van der Waals surface area contributed by atoms with E-state index in [4.69, 9.17) is 0 Å². The minimum atomic E-state index is -0.498. The lowest BCUT2D eigenvalue weighted by molar-refractivity contribution is -0.384. The van der Waals surface area contributed by atoms with Gasteiger partial charge in [0.2, 0.25) is 0 Å². The molecule has 0 aliphatic heterocycles. The number of aryl methyl sites for hydroxylation is 1. The van der Waals surface area contributed by atoms with Gasteiger partial charge in [0.05, 0.1) is 16.3 Å². The van der Waals surface area contributed by atoms with Gasteiger partial charge in [-0.3, -0.25) is 20.0 Å². The Morgan fingerprint density at radius 2 is 1.83 bits per heavy atom. The first-order valence-corrected chi connectivity index (χ1v) is 5.01. The Kier molecular flexibility index (Phi) is 3.00. The summed E-state index contributed by atoms with van der Waals surface area (Å²) >= 11 is 0. The van der Waals surface area contributed by atoms with Crippen molar-refractivity contribution < 1.29 is 4.92 Å². The zero-order valence-corrected chi connectivity index (χ0v) is 9.38. The molecule has 0 saturated heterocycles. The fraction of sp³-hybridized carbons (Fsp3) is 0.100. The lowest BCUT2D eigenvalue weighted by Crippen LogP contribution is -1.96. The van der Waals surface area contributed by atoms with Crippen LogP contribution in [0.2, 0.25) is 0 Å². The van der Waals surface area contributed by atoms with Crippen molar-refractivity contribution in [1.82, 2.24) is 10.2 Å². The van der Waals surface area contributed by atoms with Crippen LogP contribution < -0.4 is 5.56 Å². The number of hydrogen-bond acceptors (Lipinski definition) is 5. The normalized spacial score (nSPS) is 10.9. The summed E-state index contributed by atoms with van der Waals surface area (Å²) in [7, 11) is 0. The summed E-state index contributed by atoms with van der Waals surface area (Å²) < 4.78 is 0. The molecule has 2 aromatic rings. The van der Waals surface area contributed by atoms with Gasteiger partial charge in [-0.15, -0.1) is 5.11 Å². The average molecular weight is 247 g/mol. The Hall–Kier alpha value is -2.77. The first kappa shape index (κ1) is 11.7. The second-order valence-electron chi connectivity index (χ2n) is 3.53. The van der Waals surface area contributed by atoms with Gasteiger partial charge < -0.3 is 5.10 Å². The van der Waals surface area contributed by atoms with Crippen LogP contribution in [-0.4, -0.2) is 15.1 Å². The molecule has 0 unspecified atom stereocenters. The van der Waals surface area contributed by atoms with E-state index in [0.717, 1.165) is 0 Å². The first-order chi connectivity index (χ1) is 8.58. The number of nitro benzene ring substituents is 1. The molecule has 18 heavy (non-hydrogen) atoms. The Morgan fingerprint density at radius 3 is 2.33 bits per heavy atom. The fourth-order valence-corrected chi connectivity index (χ4v) is 1.31. The molecule has 0 spiro atoms. The van der Waals surface area contributed by atoms with Crippen LogP contribution in [0.1, 0.15) is 5.69 Å². The van der Waals surface area contributed by atoms with E-state index in [1.54, 1.807) is 6.92 Å². The number of nitro groups is 1. The molecule has 2 rings (SSSR count). The van der Waals surface area contributed by atoms with Crippen molar-refractivity contribution in [3.8, 4) is 0 Å².